The minimum absolute atomic E-state index is 0.370. The summed E-state index contributed by atoms with van der Waals surface area (Å²) in [5.74, 6) is 0. The van der Waals surface area contributed by atoms with Crippen molar-refractivity contribution in [2.24, 2.45) is 0 Å². The van der Waals surface area contributed by atoms with Crippen LogP contribution in [0.5, 0.6) is 0 Å². The maximum Gasteiger partial charge on any atom is 0.0860 e. The molecular formula is C11H21N3O. The van der Waals surface area contributed by atoms with Gasteiger partial charge in [-0.1, -0.05) is 13.8 Å². The Morgan fingerprint density at radius 1 is 1.47 bits per heavy atom. The van der Waals surface area contributed by atoms with Crippen LogP contribution in [-0.4, -0.2) is 34.6 Å². The average Bonchev–Trinajstić information content (AvgIpc) is 2.60. The van der Waals surface area contributed by atoms with Crippen LogP contribution in [0.2, 0.25) is 0 Å². The van der Waals surface area contributed by atoms with Crippen LogP contribution in [0, 0.1) is 0 Å². The summed E-state index contributed by atoms with van der Waals surface area (Å²) in [4.78, 5) is 0. The summed E-state index contributed by atoms with van der Waals surface area (Å²) >= 11 is 0. The van der Waals surface area contributed by atoms with E-state index in [1.165, 1.54) is 5.69 Å². The van der Waals surface area contributed by atoms with Gasteiger partial charge in [-0.15, -0.1) is 0 Å². The van der Waals surface area contributed by atoms with Crippen molar-refractivity contribution in [3.63, 3.8) is 0 Å². The second-order valence-corrected chi connectivity index (χ2v) is 3.73. The molecule has 1 unspecified atom stereocenters. The smallest absolute Gasteiger partial charge is 0.0860 e. The van der Waals surface area contributed by atoms with Crippen molar-refractivity contribution in [2.75, 3.05) is 13.6 Å². The fraction of sp³-hybridized carbons (Fsp3) is 0.727. The number of nitrogens with zero attached hydrogens (tertiary/aromatic N) is 2. The molecule has 1 rings (SSSR count). The van der Waals surface area contributed by atoms with Crippen LogP contribution in [0.4, 0.5) is 0 Å². The molecule has 2 N–H and O–H groups in total. The van der Waals surface area contributed by atoms with Crippen molar-refractivity contribution in [2.45, 2.75) is 39.3 Å². The molecule has 0 fully saturated rings. The third kappa shape index (κ3) is 3.32. The number of likely N-dealkylation sites (N-methyl/N-ethyl adjacent to an activating group) is 1. The molecule has 0 aromatic carbocycles. The summed E-state index contributed by atoms with van der Waals surface area (Å²) < 4.78 is 1.92. The number of aryl methyl sites for hydroxylation is 2. The summed E-state index contributed by atoms with van der Waals surface area (Å²) in [6.45, 7) is 5.38. The molecule has 0 amide bonds. The van der Waals surface area contributed by atoms with E-state index in [0.29, 0.717) is 13.1 Å². The fourth-order valence-corrected chi connectivity index (χ4v) is 1.63. The largest absolute Gasteiger partial charge is 0.390 e. The molecule has 15 heavy (non-hydrogen) atoms. The lowest BCUT2D eigenvalue weighted by molar-refractivity contribution is 0.148. The number of rotatable bonds is 6. The zero-order chi connectivity index (χ0) is 11.3. The minimum atomic E-state index is -0.370. The van der Waals surface area contributed by atoms with Crippen molar-refractivity contribution < 1.29 is 5.11 Å². The van der Waals surface area contributed by atoms with Crippen molar-refractivity contribution in [3.8, 4) is 0 Å². The number of aliphatic hydroxyl groups is 1. The SMILES string of the molecule is CCc1cc(CC)n(CC(O)CNC)n1. The van der Waals surface area contributed by atoms with Gasteiger partial charge in [-0.3, -0.25) is 4.68 Å². The van der Waals surface area contributed by atoms with Gasteiger partial charge in [0, 0.05) is 12.2 Å². The second-order valence-electron chi connectivity index (χ2n) is 3.73. The molecule has 0 aliphatic rings. The quantitative estimate of drug-likeness (QED) is 0.724. The highest BCUT2D eigenvalue weighted by Gasteiger charge is 2.09. The van der Waals surface area contributed by atoms with Crippen LogP contribution in [0.3, 0.4) is 0 Å². The molecule has 1 heterocycles. The Morgan fingerprint density at radius 3 is 2.73 bits per heavy atom. The predicted octanol–water partition coefficient (Wildman–Crippen LogP) is 0.588. The van der Waals surface area contributed by atoms with Gasteiger partial charge < -0.3 is 10.4 Å². The molecule has 1 atom stereocenters. The molecule has 0 aliphatic carbocycles. The molecule has 0 bridgehead atoms. The lowest BCUT2D eigenvalue weighted by Gasteiger charge is -2.11. The van der Waals surface area contributed by atoms with Gasteiger partial charge >= 0.3 is 0 Å². The summed E-state index contributed by atoms with van der Waals surface area (Å²) in [6.07, 6.45) is 1.53. The molecule has 0 radical (unpaired) electrons. The number of nitrogens with one attached hydrogen (secondary N) is 1. The van der Waals surface area contributed by atoms with E-state index in [1.807, 2.05) is 11.7 Å². The van der Waals surface area contributed by atoms with Crippen LogP contribution in [0.15, 0.2) is 6.07 Å². The average molecular weight is 211 g/mol. The Hall–Kier alpha value is -0.870. The Morgan fingerprint density at radius 2 is 2.20 bits per heavy atom. The van der Waals surface area contributed by atoms with Gasteiger partial charge in [0.25, 0.3) is 0 Å². The Kier molecular flexibility index (Phi) is 4.78. The van der Waals surface area contributed by atoms with Gasteiger partial charge in [0.2, 0.25) is 0 Å². The van der Waals surface area contributed by atoms with E-state index >= 15 is 0 Å². The fourth-order valence-electron chi connectivity index (χ4n) is 1.63. The van der Waals surface area contributed by atoms with E-state index in [2.05, 4.69) is 30.3 Å². The van der Waals surface area contributed by atoms with Crippen molar-refractivity contribution in [1.82, 2.24) is 15.1 Å². The van der Waals surface area contributed by atoms with Crippen molar-refractivity contribution >= 4 is 0 Å². The first kappa shape index (κ1) is 12.2. The minimum Gasteiger partial charge on any atom is -0.390 e. The second kappa shape index (κ2) is 5.88. The van der Waals surface area contributed by atoms with Gasteiger partial charge in [0.15, 0.2) is 0 Å². The molecule has 1 aromatic heterocycles. The number of hydrogen-bond donors (Lipinski definition) is 2. The van der Waals surface area contributed by atoms with Gasteiger partial charge in [-0.2, -0.15) is 5.10 Å². The summed E-state index contributed by atoms with van der Waals surface area (Å²) in [5.41, 5.74) is 2.30. The Bertz CT molecular complexity index is 296. The molecular weight excluding hydrogens is 190 g/mol. The van der Waals surface area contributed by atoms with E-state index in [9.17, 15) is 5.11 Å². The van der Waals surface area contributed by atoms with Crippen molar-refractivity contribution in [3.05, 3.63) is 17.5 Å². The Balaban J connectivity index is 2.69. The molecule has 0 aliphatic heterocycles. The lowest BCUT2D eigenvalue weighted by atomic mass is 10.2. The van der Waals surface area contributed by atoms with Gasteiger partial charge in [0.05, 0.1) is 18.3 Å². The van der Waals surface area contributed by atoms with Gasteiger partial charge in [-0.25, -0.2) is 0 Å². The first-order chi connectivity index (χ1) is 7.21. The van der Waals surface area contributed by atoms with Crippen molar-refractivity contribution in [1.29, 1.82) is 0 Å². The third-order valence-electron chi connectivity index (χ3n) is 2.46. The first-order valence-electron chi connectivity index (χ1n) is 5.59. The summed E-state index contributed by atoms with van der Waals surface area (Å²) in [7, 11) is 1.84. The van der Waals surface area contributed by atoms with Crippen LogP contribution >= 0.6 is 0 Å². The molecule has 4 heteroatoms. The number of aromatic nitrogens is 2. The number of hydrogen-bond acceptors (Lipinski definition) is 3. The topological polar surface area (TPSA) is 50.1 Å². The highest BCUT2D eigenvalue weighted by Crippen LogP contribution is 2.07. The highest BCUT2D eigenvalue weighted by atomic mass is 16.3. The monoisotopic (exact) mass is 211 g/mol. The van der Waals surface area contributed by atoms with Crippen LogP contribution in [0.25, 0.3) is 0 Å². The molecule has 0 saturated carbocycles. The molecule has 0 spiro atoms. The summed E-state index contributed by atoms with van der Waals surface area (Å²) in [5, 5.41) is 17.1. The highest BCUT2D eigenvalue weighted by molar-refractivity contribution is 5.10. The van der Waals surface area contributed by atoms with E-state index < -0.39 is 0 Å². The summed E-state index contributed by atoms with van der Waals surface area (Å²) in [6, 6.07) is 2.12. The number of aliphatic hydroxyl groups excluding tert-OH is 1. The van der Waals surface area contributed by atoms with E-state index in [4.69, 9.17) is 0 Å². The first-order valence-corrected chi connectivity index (χ1v) is 5.59. The normalized spacial score (nSPS) is 13.1. The predicted molar refractivity (Wildman–Crippen MR) is 60.9 cm³/mol. The molecule has 0 saturated heterocycles. The third-order valence-corrected chi connectivity index (χ3v) is 2.46. The van der Waals surface area contributed by atoms with E-state index in [-0.39, 0.29) is 6.10 Å². The Labute approximate surface area is 91.3 Å². The zero-order valence-corrected chi connectivity index (χ0v) is 9.82. The lowest BCUT2D eigenvalue weighted by Crippen LogP contribution is -2.28. The van der Waals surface area contributed by atoms with Gasteiger partial charge in [-0.05, 0) is 26.0 Å². The van der Waals surface area contributed by atoms with Crippen LogP contribution in [0.1, 0.15) is 25.2 Å². The molecule has 4 nitrogen and oxygen atoms in total. The molecule has 86 valence electrons. The maximum absolute atomic E-state index is 9.68. The van der Waals surface area contributed by atoms with Crippen LogP contribution < -0.4 is 5.32 Å². The standard InChI is InChI=1S/C11H21N3O/c1-4-9-6-10(5-2)14(13-9)8-11(15)7-12-3/h6,11-12,15H,4-5,7-8H2,1-3H3. The van der Waals surface area contributed by atoms with Gasteiger partial charge in [0.1, 0.15) is 0 Å². The van der Waals surface area contributed by atoms with Crippen LogP contribution in [-0.2, 0) is 19.4 Å². The van der Waals surface area contributed by atoms with E-state index in [0.717, 1.165) is 18.5 Å². The van der Waals surface area contributed by atoms with E-state index in [1.54, 1.807) is 0 Å². The molecule has 1 aromatic rings. The zero-order valence-electron chi connectivity index (χ0n) is 9.82. The maximum atomic E-state index is 9.68.